The average Bonchev–Trinajstić information content (AvgIpc) is 3.54. The van der Waals surface area contributed by atoms with Crippen molar-refractivity contribution in [2.24, 2.45) is 9.98 Å². The van der Waals surface area contributed by atoms with Gasteiger partial charge in [-0.15, -0.1) is 11.5 Å². The van der Waals surface area contributed by atoms with Crippen molar-refractivity contribution in [3.63, 3.8) is 0 Å². The predicted molar refractivity (Wildman–Crippen MR) is 378 cm³/mol. The van der Waals surface area contributed by atoms with Crippen molar-refractivity contribution in [3.05, 3.63) is 95.1 Å². The van der Waals surface area contributed by atoms with E-state index >= 15 is 0 Å². The quantitative estimate of drug-likeness (QED) is 0.0245. The van der Waals surface area contributed by atoms with Gasteiger partial charge in [0.25, 0.3) is 0 Å². The van der Waals surface area contributed by atoms with Crippen molar-refractivity contribution >= 4 is 22.8 Å². The van der Waals surface area contributed by atoms with Crippen LogP contribution in [0.5, 0.6) is 11.5 Å². The van der Waals surface area contributed by atoms with E-state index in [4.69, 9.17) is 9.98 Å². The van der Waals surface area contributed by atoms with Gasteiger partial charge < -0.3 is 10.2 Å². The van der Waals surface area contributed by atoms with Gasteiger partial charge in [-0.3, -0.25) is 4.99 Å². The number of aliphatic imine (C=N–C) groups is 2. The zero-order valence-electron chi connectivity index (χ0n) is 57.3. The molecule has 0 fully saturated rings. The maximum atomic E-state index is 11.1. The van der Waals surface area contributed by atoms with E-state index in [1.54, 1.807) is 0 Å². The molecular formula is C82H130N2NiO2. The fourth-order valence-electron chi connectivity index (χ4n) is 11.4. The predicted octanol–water partition coefficient (Wildman–Crippen LogP) is 25.6. The Hall–Kier alpha value is -4.05. The maximum Gasteiger partial charge on any atom is 2.00 e. The van der Waals surface area contributed by atoms with Gasteiger partial charge in [0.15, 0.2) is 0 Å². The molecule has 0 atom stereocenters. The van der Waals surface area contributed by atoms with E-state index in [1.165, 1.54) is 275 Å². The molecule has 0 aliphatic rings. The van der Waals surface area contributed by atoms with Crippen molar-refractivity contribution in [3.8, 4) is 35.2 Å². The normalized spacial score (nSPS) is 11.5. The van der Waals surface area contributed by atoms with Crippen molar-refractivity contribution < 1.29 is 26.7 Å². The van der Waals surface area contributed by atoms with Gasteiger partial charge in [-0.25, -0.2) is 4.99 Å². The van der Waals surface area contributed by atoms with E-state index in [9.17, 15) is 10.2 Å². The molecule has 3 rings (SSSR count). The van der Waals surface area contributed by atoms with E-state index in [1.807, 2.05) is 6.92 Å². The summed E-state index contributed by atoms with van der Waals surface area (Å²) in [6.45, 7) is 13.2. The standard InChI is InChI=1S/C71H116N2.C11H16O2.Ni/c1-5-9-13-16-19-22-25-28-29-30-31-32-33-34-35-36-37-38-41-44-47-50-53-57-71(73-69-64-60-67(61-65-69)55-52-49-46-43-40-27-24-21-18-15-11-7-3)70(56-12-8-4)72-68-62-58-66(59-63-68)54-51-48-45-42-39-26-23-20-17-14-10-6-2;1-3-5-9-7-11(13)10(12)6-8(9)4-2;/h53,57-65H,5-50,56H2,1-4H3;6-7,12-13H,3-5H2,1-2H3;/q;;+2/p-2. The fraction of sp³-hybridized carbons (Fsp3) is 0.683. The molecule has 0 saturated carbocycles. The molecule has 0 aliphatic heterocycles. The monoisotopic (exact) mass is 1230 g/mol. The molecule has 4 nitrogen and oxygen atoms in total. The van der Waals surface area contributed by atoms with Gasteiger partial charge in [0.2, 0.25) is 0 Å². The van der Waals surface area contributed by atoms with Crippen LogP contribution in [0.1, 0.15) is 372 Å². The van der Waals surface area contributed by atoms with E-state index < -0.39 is 0 Å². The molecule has 3 aromatic carbocycles. The van der Waals surface area contributed by atoms with Gasteiger partial charge in [0.1, 0.15) is 0 Å². The van der Waals surface area contributed by atoms with Crippen LogP contribution >= 0.6 is 0 Å². The Morgan fingerprint density at radius 1 is 0.368 bits per heavy atom. The summed E-state index contributed by atoms with van der Waals surface area (Å²) in [4.78, 5) is 10.6. The summed E-state index contributed by atoms with van der Waals surface area (Å²) in [6, 6.07) is 20.1. The van der Waals surface area contributed by atoms with E-state index in [2.05, 4.69) is 119 Å². The third-order valence-corrected chi connectivity index (χ3v) is 17.0. The SMILES string of the molecule is CCCCCCCCCCCCC#Cc1ccc(N=C(C=CCCCCCCCCCCCCCCCCCCCCCCC)C(CCCC)=Nc2ccc(C#CCCCCCCCCCCCC)cc2)cc1.CCCc1cc([O-])c([O-])cc1CC.[Ni+2]. The van der Waals surface area contributed by atoms with Crippen LogP contribution in [0.2, 0.25) is 0 Å². The Morgan fingerprint density at radius 3 is 1.03 bits per heavy atom. The van der Waals surface area contributed by atoms with Gasteiger partial charge in [0, 0.05) is 24.0 Å². The summed E-state index contributed by atoms with van der Waals surface area (Å²) in [5.41, 5.74) is 8.20. The summed E-state index contributed by atoms with van der Waals surface area (Å²) in [5.74, 6) is 13.0. The number of hydrogen-bond donors (Lipinski definition) is 0. The molecule has 0 amide bonds. The Kier molecular flexibility index (Phi) is 56.6. The molecule has 0 N–H and O–H groups in total. The third kappa shape index (κ3) is 46.7. The molecule has 490 valence electrons. The Bertz CT molecular complexity index is 2250. The zero-order valence-corrected chi connectivity index (χ0v) is 58.3. The summed E-state index contributed by atoms with van der Waals surface area (Å²) in [5, 5.41) is 22.1. The summed E-state index contributed by atoms with van der Waals surface area (Å²) in [7, 11) is 0. The van der Waals surface area contributed by atoms with E-state index in [0.29, 0.717) is 0 Å². The van der Waals surface area contributed by atoms with Crippen LogP contribution < -0.4 is 10.2 Å². The zero-order chi connectivity index (χ0) is 61.9. The Labute approximate surface area is 549 Å². The van der Waals surface area contributed by atoms with Crippen LogP contribution in [0.25, 0.3) is 0 Å². The van der Waals surface area contributed by atoms with Crippen LogP contribution in [0.3, 0.4) is 0 Å². The molecule has 0 radical (unpaired) electrons. The third-order valence-electron chi connectivity index (χ3n) is 17.0. The van der Waals surface area contributed by atoms with Crippen molar-refractivity contribution in [2.45, 2.75) is 363 Å². The first kappa shape index (κ1) is 81.0. The van der Waals surface area contributed by atoms with Gasteiger partial charge in [-0.2, -0.15) is 0 Å². The molecule has 3 aromatic rings. The first-order chi connectivity index (χ1) is 42.4. The second-order valence-corrected chi connectivity index (χ2v) is 25.2. The van der Waals surface area contributed by atoms with Gasteiger partial charge in [0.05, 0.1) is 22.8 Å². The van der Waals surface area contributed by atoms with Crippen LogP contribution in [0.15, 0.2) is 82.8 Å². The van der Waals surface area contributed by atoms with Crippen LogP contribution in [-0.4, -0.2) is 11.4 Å². The number of allylic oxidation sites excluding steroid dienone is 2. The minimum absolute atomic E-state index is 0. The van der Waals surface area contributed by atoms with E-state index in [0.717, 1.165) is 103 Å². The van der Waals surface area contributed by atoms with Crippen LogP contribution in [0.4, 0.5) is 11.4 Å². The molecule has 0 bridgehead atoms. The maximum absolute atomic E-state index is 11.1. The number of nitrogens with zero attached hydrogens (tertiary/aromatic N) is 2. The minimum atomic E-state index is -0.378. The molecule has 0 aromatic heterocycles. The molecule has 0 heterocycles. The Balaban J connectivity index is 0.00000238. The van der Waals surface area contributed by atoms with Crippen LogP contribution in [0, 0.1) is 23.7 Å². The second-order valence-electron chi connectivity index (χ2n) is 25.2. The number of unbranched alkanes of at least 4 members (excludes halogenated alkanes) is 42. The molecule has 0 saturated heterocycles. The number of benzene rings is 3. The first-order valence-corrected chi connectivity index (χ1v) is 36.9. The first-order valence-electron chi connectivity index (χ1n) is 36.9. The van der Waals surface area contributed by atoms with Crippen molar-refractivity contribution in [1.82, 2.24) is 0 Å². The molecule has 0 aliphatic carbocycles. The number of hydrogen-bond acceptors (Lipinski definition) is 4. The molecule has 5 heteroatoms. The average molecular weight is 1230 g/mol. The molecular weight excluding hydrogens is 1100 g/mol. The van der Waals surface area contributed by atoms with E-state index in [-0.39, 0.29) is 28.0 Å². The van der Waals surface area contributed by atoms with Crippen molar-refractivity contribution in [2.75, 3.05) is 0 Å². The van der Waals surface area contributed by atoms with Gasteiger partial charge >= 0.3 is 16.5 Å². The van der Waals surface area contributed by atoms with Gasteiger partial charge in [-0.1, -0.05) is 340 Å². The summed E-state index contributed by atoms with van der Waals surface area (Å²) in [6.07, 6.45) is 70.5. The largest absolute Gasteiger partial charge is 2.00 e. The van der Waals surface area contributed by atoms with Gasteiger partial charge in [-0.05, 0) is 117 Å². The van der Waals surface area contributed by atoms with Crippen LogP contribution in [-0.2, 0) is 29.3 Å². The smallest absolute Gasteiger partial charge is 0.873 e. The second kappa shape index (κ2) is 60.8. The molecule has 0 spiro atoms. The minimum Gasteiger partial charge on any atom is -0.873 e. The number of rotatable bonds is 52. The Morgan fingerprint density at radius 2 is 0.690 bits per heavy atom. The summed E-state index contributed by atoms with van der Waals surface area (Å²) >= 11 is 0. The fourth-order valence-corrected chi connectivity index (χ4v) is 11.4. The topological polar surface area (TPSA) is 70.8 Å². The summed E-state index contributed by atoms with van der Waals surface area (Å²) < 4.78 is 0. The molecule has 87 heavy (non-hydrogen) atoms. The molecule has 0 unspecified atom stereocenters. The van der Waals surface area contributed by atoms with Crippen molar-refractivity contribution in [1.29, 1.82) is 0 Å². The number of aryl methyl sites for hydroxylation is 2.